The van der Waals surface area contributed by atoms with Crippen LogP contribution in [-0.4, -0.2) is 32.6 Å². The summed E-state index contributed by atoms with van der Waals surface area (Å²) >= 11 is 0. The zero-order valence-electron chi connectivity index (χ0n) is 19.6. The Kier molecular flexibility index (Phi) is 5.99. The van der Waals surface area contributed by atoms with Crippen LogP contribution in [0.2, 0.25) is 0 Å². The van der Waals surface area contributed by atoms with E-state index in [0.717, 1.165) is 17.4 Å². The van der Waals surface area contributed by atoms with Gasteiger partial charge in [-0.05, 0) is 58.8 Å². The van der Waals surface area contributed by atoms with Crippen molar-refractivity contribution in [3.8, 4) is 28.5 Å². The van der Waals surface area contributed by atoms with E-state index in [-0.39, 0.29) is 12.6 Å². The fourth-order valence-corrected chi connectivity index (χ4v) is 3.83. The van der Waals surface area contributed by atoms with Crippen molar-refractivity contribution in [3.63, 3.8) is 0 Å². The molecule has 0 amide bonds. The molecule has 0 bridgehead atoms. The molecule has 36 heavy (non-hydrogen) atoms. The van der Waals surface area contributed by atoms with Gasteiger partial charge in [0, 0.05) is 12.6 Å². The third-order valence-corrected chi connectivity index (χ3v) is 5.57. The standard InChI is InChI=1S/C26H21FN6O3/c1-16(34)36-15-17-5-8-19(9-6-17)33-25(20-4-3-13-32(35-2)24(20)28)31-23-12-11-22(30-26(23)33)21-10-7-18(27)14-29-21/h3-14,28H,15H2,1-2H3/p+1. The Morgan fingerprint density at radius 3 is 2.53 bits per heavy atom. The van der Waals surface area contributed by atoms with Gasteiger partial charge in [0.25, 0.3) is 0 Å². The number of fused-ring (bicyclic) bond motifs is 1. The van der Waals surface area contributed by atoms with Gasteiger partial charge >= 0.3 is 11.8 Å². The van der Waals surface area contributed by atoms with Crippen LogP contribution in [0.25, 0.3) is 39.6 Å². The summed E-state index contributed by atoms with van der Waals surface area (Å²) in [6, 6.07) is 17.7. The van der Waals surface area contributed by atoms with Gasteiger partial charge in [-0.2, -0.15) is 0 Å². The third kappa shape index (κ3) is 4.31. The number of nitrogen functional groups attached to an aromatic ring is 1. The van der Waals surface area contributed by atoms with Crippen LogP contribution in [0.3, 0.4) is 0 Å². The highest BCUT2D eigenvalue weighted by atomic mass is 19.1. The summed E-state index contributed by atoms with van der Waals surface area (Å²) in [5.41, 5.74) is 10.9. The molecule has 0 saturated heterocycles. The molecule has 2 N–H and O–H groups in total. The highest BCUT2D eigenvalue weighted by Gasteiger charge is 2.22. The maximum absolute atomic E-state index is 13.4. The van der Waals surface area contributed by atoms with E-state index in [2.05, 4.69) is 4.98 Å². The minimum Gasteiger partial charge on any atom is -0.461 e. The van der Waals surface area contributed by atoms with Crippen LogP contribution in [0, 0.1) is 5.82 Å². The average Bonchev–Trinajstić information content (AvgIpc) is 3.27. The average molecular weight is 485 g/mol. The molecule has 4 aromatic heterocycles. The summed E-state index contributed by atoms with van der Waals surface area (Å²) in [6.07, 6.45) is 2.85. The SMILES string of the molecule is CO[n+]1cccc(-c2nc3ccc(-c4ccc(F)cn4)nc3n2-c2ccc(COC(C)=O)cc2)c1N. The van der Waals surface area contributed by atoms with E-state index in [1.54, 1.807) is 18.3 Å². The predicted octanol–water partition coefficient (Wildman–Crippen LogP) is 3.28. The van der Waals surface area contributed by atoms with Gasteiger partial charge in [0.15, 0.2) is 11.5 Å². The lowest BCUT2D eigenvalue weighted by Crippen LogP contribution is -2.43. The van der Waals surface area contributed by atoms with Crippen LogP contribution in [0.4, 0.5) is 10.2 Å². The number of aromatic nitrogens is 5. The first-order chi connectivity index (χ1) is 17.4. The maximum Gasteiger partial charge on any atom is 0.323 e. The third-order valence-electron chi connectivity index (χ3n) is 5.57. The number of rotatable bonds is 6. The number of imidazole rings is 1. The van der Waals surface area contributed by atoms with Crippen molar-refractivity contribution in [2.75, 3.05) is 12.8 Å². The number of pyridine rings is 3. The minimum atomic E-state index is -0.424. The first kappa shape index (κ1) is 22.9. The Morgan fingerprint density at radius 1 is 1.06 bits per heavy atom. The lowest BCUT2D eigenvalue weighted by molar-refractivity contribution is -0.873. The fraction of sp³-hybridized carbons (Fsp3) is 0.115. The van der Waals surface area contributed by atoms with Crippen LogP contribution >= 0.6 is 0 Å². The molecule has 5 aromatic rings. The van der Waals surface area contributed by atoms with Gasteiger partial charge in [0.05, 0.1) is 17.6 Å². The molecule has 0 aliphatic carbocycles. The van der Waals surface area contributed by atoms with E-state index in [0.29, 0.717) is 39.8 Å². The van der Waals surface area contributed by atoms with E-state index in [4.69, 9.17) is 25.3 Å². The molecule has 0 unspecified atom stereocenters. The Hall–Kier alpha value is -4.86. The second kappa shape index (κ2) is 9.41. The van der Waals surface area contributed by atoms with E-state index in [1.165, 1.54) is 24.8 Å². The number of anilines is 1. The Morgan fingerprint density at radius 2 is 1.83 bits per heavy atom. The number of nitrogens with zero attached hydrogens (tertiary/aromatic N) is 5. The van der Waals surface area contributed by atoms with Crippen molar-refractivity contribution in [1.82, 2.24) is 19.5 Å². The summed E-state index contributed by atoms with van der Waals surface area (Å²) in [5.74, 6) is 0.146. The Bertz CT molecular complexity index is 1570. The lowest BCUT2D eigenvalue weighted by Gasteiger charge is -2.11. The van der Waals surface area contributed by atoms with Gasteiger partial charge in [0.1, 0.15) is 36.8 Å². The van der Waals surface area contributed by atoms with E-state index < -0.39 is 5.82 Å². The lowest BCUT2D eigenvalue weighted by atomic mass is 10.2. The topological polar surface area (TPSA) is 109 Å². The molecule has 0 atom stereocenters. The quantitative estimate of drug-likeness (QED) is 0.290. The number of carbonyl (C=O) groups is 1. The number of hydrogen-bond acceptors (Lipinski definition) is 7. The molecule has 0 fully saturated rings. The molecule has 4 heterocycles. The monoisotopic (exact) mass is 485 g/mol. The fourth-order valence-electron chi connectivity index (χ4n) is 3.83. The van der Waals surface area contributed by atoms with Crippen molar-refractivity contribution < 1.29 is 23.5 Å². The summed E-state index contributed by atoms with van der Waals surface area (Å²) in [4.78, 5) is 30.3. The van der Waals surface area contributed by atoms with Gasteiger partial charge in [-0.15, -0.1) is 0 Å². The maximum atomic E-state index is 13.4. The summed E-state index contributed by atoms with van der Waals surface area (Å²) in [5, 5.41) is 0. The van der Waals surface area contributed by atoms with Crippen molar-refractivity contribution in [1.29, 1.82) is 0 Å². The van der Waals surface area contributed by atoms with Gasteiger partial charge in [-0.3, -0.25) is 20.1 Å². The van der Waals surface area contributed by atoms with Crippen molar-refractivity contribution in [2.45, 2.75) is 13.5 Å². The second-order valence-electron chi connectivity index (χ2n) is 7.93. The number of esters is 1. The normalized spacial score (nSPS) is 11.0. The van der Waals surface area contributed by atoms with Crippen LogP contribution in [0.1, 0.15) is 12.5 Å². The van der Waals surface area contributed by atoms with E-state index in [9.17, 15) is 9.18 Å². The highest BCUT2D eigenvalue weighted by molar-refractivity contribution is 5.83. The molecular formula is C26H22FN6O3+. The van der Waals surface area contributed by atoms with Gasteiger partial charge in [-0.1, -0.05) is 12.1 Å². The predicted molar refractivity (Wildman–Crippen MR) is 130 cm³/mol. The summed E-state index contributed by atoms with van der Waals surface area (Å²) in [6.45, 7) is 1.54. The molecular weight excluding hydrogens is 463 g/mol. The second-order valence-corrected chi connectivity index (χ2v) is 7.93. The number of hydrogen-bond donors (Lipinski definition) is 1. The van der Waals surface area contributed by atoms with E-state index in [1.807, 2.05) is 47.0 Å². The minimum absolute atomic E-state index is 0.172. The van der Waals surface area contributed by atoms with Crippen LogP contribution in [0.5, 0.6) is 0 Å². The van der Waals surface area contributed by atoms with Gasteiger partial charge < -0.3 is 9.57 Å². The van der Waals surface area contributed by atoms with Crippen molar-refractivity contribution >= 4 is 23.0 Å². The number of nitrogens with two attached hydrogens (primary N) is 1. The number of ether oxygens (including phenoxy) is 1. The number of benzene rings is 1. The smallest absolute Gasteiger partial charge is 0.323 e. The number of carbonyl (C=O) groups excluding carboxylic acids is 1. The van der Waals surface area contributed by atoms with E-state index >= 15 is 0 Å². The largest absolute Gasteiger partial charge is 0.461 e. The van der Waals surface area contributed by atoms with Crippen LogP contribution in [-0.2, 0) is 16.1 Å². The Balaban J connectivity index is 1.70. The Labute approximate surface area is 205 Å². The summed E-state index contributed by atoms with van der Waals surface area (Å²) in [7, 11) is 1.52. The van der Waals surface area contributed by atoms with Gasteiger partial charge in [0.2, 0.25) is 0 Å². The first-order valence-electron chi connectivity index (χ1n) is 11.0. The molecule has 10 heteroatoms. The zero-order chi connectivity index (χ0) is 25.2. The molecule has 0 radical (unpaired) electrons. The zero-order valence-corrected chi connectivity index (χ0v) is 19.6. The molecule has 0 spiro atoms. The molecule has 5 rings (SSSR count). The molecule has 0 aliphatic rings. The van der Waals surface area contributed by atoms with Crippen molar-refractivity contribution in [2.24, 2.45) is 0 Å². The molecule has 0 saturated carbocycles. The molecule has 1 aromatic carbocycles. The molecule has 0 aliphatic heterocycles. The highest BCUT2D eigenvalue weighted by Crippen LogP contribution is 2.31. The van der Waals surface area contributed by atoms with Crippen molar-refractivity contribution in [3.05, 3.63) is 84.4 Å². The van der Waals surface area contributed by atoms with Gasteiger partial charge in [-0.25, -0.2) is 14.4 Å². The molecule has 9 nitrogen and oxygen atoms in total. The molecule has 180 valence electrons. The van der Waals surface area contributed by atoms with Crippen LogP contribution in [0.15, 0.2) is 73.1 Å². The first-order valence-corrected chi connectivity index (χ1v) is 11.0. The number of halogens is 1. The summed E-state index contributed by atoms with van der Waals surface area (Å²) < 4.78 is 21.8. The van der Waals surface area contributed by atoms with Crippen LogP contribution < -0.4 is 15.3 Å².